The van der Waals surface area contributed by atoms with Gasteiger partial charge in [0.05, 0.1) is 13.2 Å². The molecule has 1 unspecified atom stereocenters. The molecule has 0 spiro atoms. The molecule has 1 aliphatic carbocycles. The van der Waals surface area contributed by atoms with E-state index >= 15 is 0 Å². The van der Waals surface area contributed by atoms with Crippen LogP contribution in [0.5, 0.6) is 5.75 Å². The minimum Gasteiger partial charge on any atom is -0.497 e. The van der Waals surface area contributed by atoms with Crippen LogP contribution in [0.15, 0.2) is 36.4 Å². The fourth-order valence-corrected chi connectivity index (χ4v) is 2.03. The molecule has 1 atom stereocenters. The summed E-state index contributed by atoms with van der Waals surface area (Å²) in [6.45, 7) is 0.583. The molecule has 0 amide bonds. The highest BCUT2D eigenvalue weighted by Gasteiger charge is 2.13. The summed E-state index contributed by atoms with van der Waals surface area (Å²) in [5, 5.41) is 13.4. The van der Waals surface area contributed by atoms with Crippen LogP contribution in [0, 0.1) is 0 Å². The molecule has 17 heavy (non-hydrogen) atoms. The SMILES string of the molecule is COc1cccc(C(O)CNC2CC=CC2)c1. The van der Waals surface area contributed by atoms with Gasteiger partial charge in [0.25, 0.3) is 0 Å². The van der Waals surface area contributed by atoms with Crippen molar-refractivity contribution < 1.29 is 9.84 Å². The van der Waals surface area contributed by atoms with Gasteiger partial charge < -0.3 is 15.2 Å². The summed E-state index contributed by atoms with van der Waals surface area (Å²) in [4.78, 5) is 0. The number of ether oxygens (including phenoxy) is 1. The van der Waals surface area contributed by atoms with Crippen LogP contribution >= 0.6 is 0 Å². The van der Waals surface area contributed by atoms with Crippen molar-refractivity contribution in [1.29, 1.82) is 0 Å². The Labute approximate surface area is 102 Å². The maximum absolute atomic E-state index is 10.1. The topological polar surface area (TPSA) is 41.5 Å². The molecule has 0 aromatic heterocycles. The van der Waals surface area contributed by atoms with E-state index in [-0.39, 0.29) is 0 Å². The van der Waals surface area contributed by atoms with E-state index in [1.807, 2.05) is 24.3 Å². The molecule has 3 heteroatoms. The number of rotatable bonds is 5. The zero-order valence-corrected chi connectivity index (χ0v) is 10.1. The molecule has 0 saturated heterocycles. The molecule has 0 fully saturated rings. The van der Waals surface area contributed by atoms with E-state index in [0.29, 0.717) is 12.6 Å². The predicted molar refractivity (Wildman–Crippen MR) is 68.1 cm³/mol. The Morgan fingerprint density at radius 1 is 1.41 bits per heavy atom. The molecule has 92 valence electrons. The molecule has 2 N–H and O–H groups in total. The van der Waals surface area contributed by atoms with Gasteiger partial charge in [-0.05, 0) is 30.5 Å². The quantitative estimate of drug-likeness (QED) is 0.765. The smallest absolute Gasteiger partial charge is 0.119 e. The molecule has 1 aromatic rings. The van der Waals surface area contributed by atoms with Crippen molar-refractivity contribution in [2.24, 2.45) is 0 Å². The van der Waals surface area contributed by atoms with Crippen molar-refractivity contribution in [2.75, 3.05) is 13.7 Å². The Kier molecular flexibility index (Phi) is 4.18. The van der Waals surface area contributed by atoms with E-state index in [1.54, 1.807) is 7.11 Å². The third-order valence-corrected chi connectivity index (χ3v) is 3.09. The van der Waals surface area contributed by atoms with Gasteiger partial charge in [0.15, 0.2) is 0 Å². The number of benzene rings is 1. The van der Waals surface area contributed by atoms with Gasteiger partial charge in [-0.25, -0.2) is 0 Å². The zero-order chi connectivity index (χ0) is 12.1. The van der Waals surface area contributed by atoms with E-state index in [2.05, 4.69) is 17.5 Å². The lowest BCUT2D eigenvalue weighted by atomic mass is 10.1. The van der Waals surface area contributed by atoms with Gasteiger partial charge >= 0.3 is 0 Å². The van der Waals surface area contributed by atoms with E-state index in [4.69, 9.17) is 4.74 Å². The number of hydrogen-bond donors (Lipinski definition) is 2. The monoisotopic (exact) mass is 233 g/mol. The van der Waals surface area contributed by atoms with Crippen molar-refractivity contribution in [3.05, 3.63) is 42.0 Å². The Bertz CT molecular complexity index is 382. The maximum atomic E-state index is 10.1. The van der Waals surface area contributed by atoms with E-state index in [0.717, 1.165) is 24.2 Å². The highest BCUT2D eigenvalue weighted by molar-refractivity contribution is 5.29. The zero-order valence-electron chi connectivity index (χ0n) is 10.1. The average molecular weight is 233 g/mol. The molecular weight excluding hydrogens is 214 g/mol. The van der Waals surface area contributed by atoms with Crippen LogP contribution in [0.3, 0.4) is 0 Å². The van der Waals surface area contributed by atoms with Crippen molar-refractivity contribution in [1.82, 2.24) is 5.32 Å². The second-order valence-electron chi connectivity index (χ2n) is 4.34. The van der Waals surface area contributed by atoms with Crippen LogP contribution in [-0.2, 0) is 0 Å². The minimum atomic E-state index is -0.481. The summed E-state index contributed by atoms with van der Waals surface area (Å²) < 4.78 is 5.14. The summed E-state index contributed by atoms with van der Waals surface area (Å²) in [7, 11) is 1.63. The minimum absolute atomic E-state index is 0.481. The molecule has 1 aliphatic rings. The molecule has 3 nitrogen and oxygen atoms in total. The second-order valence-corrected chi connectivity index (χ2v) is 4.34. The number of nitrogens with one attached hydrogen (secondary N) is 1. The fourth-order valence-electron chi connectivity index (χ4n) is 2.03. The molecule has 0 aliphatic heterocycles. The number of aliphatic hydroxyl groups excluding tert-OH is 1. The van der Waals surface area contributed by atoms with Crippen LogP contribution in [0.1, 0.15) is 24.5 Å². The van der Waals surface area contributed by atoms with Gasteiger partial charge in [0.2, 0.25) is 0 Å². The molecule has 1 aromatic carbocycles. The Hall–Kier alpha value is -1.32. The number of hydrogen-bond acceptors (Lipinski definition) is 3. The summed E-state index contributed by atoms with van der Waals surface area (Å²) in [6.07, 6.45) is 5.99. The van der Waals surface area contributed by atoms with E-state index in [1.165, 1.54) is 0 Å². The Morgan fingerprint density at radius 3 is 2.88 bits per heavy atom. The summed E-state index contributed by atoms with van der Waals surface area (Å²) >= 11 is 0. The normalized spacial score (nSPS) is 17.3. The largest absolute Gasteiger partial charge is 0.497 e. The standard InChI is InChI=1S/C14H19NO2/c1-17-13-8-4-5-11(9-13)14(16)10-15-12-6-2-3-7-12/h2-5,8-9,12,14-16H,6-7,10H2,1H3. The first-order valence-electron chi connectivity index (χ1n) is 6.00. The van der Waals surface area contributed by atoms with Gasteiger partial charge in [-0.1, -0.05) is 24.3 Å². The van der Waals surface area contributed by atoms with Crippen LogP contribution in [0.25, 0.3) is 0 Å². The number of methoxy groups -OCH3 is 1. The molecular formula is C14H19NO2. The van der Waals surface area contributed by atoms with Gasteiger partial charge in [0, 0.05) is 12.6 Å². The third-order valence-electron chi connectivity index (χ3n) is 3.09. The van der Waals surface area contributed by atoms with Crippen molar-refractivity contribution in [2.45, 2.75) is 25.0 Å². The first-order valence-corrected chi connectivity index (χ1v) is 6.00. The van der Waals surface area contributed by atoms with Gasteiger partial charge in [-0.2, -0.15) is 0 Å². The molecule has 2 rings (SSSR count). The lowest BCUT2D eigenvalue weighted by Crippen LogP contribution is -2.30. The van der Waals surface area contributed by atoms with Crippen LogP contribution < -0.4 is 10.1 Å². The highest BCUT2D eigenvalue weighted by atomic mass is 16.5. The van der Waals surface area contributed by atoms with Crippen molar-refractivity contribution >= 4 is 0 Å². The number of aliphatic hydroxyl groups is 1. The molecule has 0 saturated carbocycles. The summed E-state index contributed by atoms with van der Waals surface area (Å²) in [5.41, 5.74) is 0.891. The summed E-state index contributed by atoms with van der Waals surface area (Å²) in [5.74, 6) is 0.782. The van der Waals surface area contributed by atoms with Gasteiger partial charge in [-0.3, -0.25) is 0 Å². The summed E-state index contributed by atoms with van der Waals surface area (Å²) in [6, 6.07) is 8.05. The highest BCUT2D eigenvalue weighted by Crippen LogP contribution is 2.19. The van der Waals surface area contributed by atoms with Crippen LogP contribution in [0.4, 0.5) is 0 Å². The van der Waals surface area contributed by atoms with E-state index in [9.17, 15) is 5.11 Å². The van der Waals surface area contributed by atoms with Crippen molar-refractivity contribution in [3.63, 3.8) is 0 Å². The maximum Gasteiger partial charge on any atom is 0.119 e. The molecule has 0 radical (unpaired) electrons. The third kappa shape index (κ3) is 3.32. The fraction of sp³-hybridized carbons (Fsp3) is 0.429. The predicted octanol–water partition coefficient (Wildman–Crippen LogP) is 2.04. The molecule has 0 heterocycles. The lowest BCUT2D eigenvalue weighted by molar-refractivity contribution is 0.170. The van der Waals surface area contributed by atoms with E-state index < -0.39 is 6.10 Å². The van der Waals surface area contributed by atoms with Gasteiger partial charge in [0.1, 0.15) is 5.75 Å². The average Bonchev–Trinajstić information content (AvgIpc) is 2.89. The lowest BCUT2D eigenvalue weighted by Gasteiger charge is -2.16. The van der Waals surface area contributed by atoms with Gasteiger partial charge in [-0.15, -0.1) is 0 Å². The van der Waals surface area contributed by atoms with Crippen LogP contribution in [-0.4, -0.2) is 24.8 Å². The van der Waals surface area contributed by atoms with Crippen molar-refractivity contribution in [3.8, 4) is 5.75 Å². The molecule has 0 bridgehead atoms. The second kappa shape index (κ2) is 5.84. The first-order chi connectivity index (χ1) is 8.29. The Morgan fingerprint density at radius 2 is 2.18 bits per heavy atom. The Balaban J connectivity index is 1.87. The van der Waals surface area contributed by atoms with Crippen LogP contribution in [0.2, 0.25) is 0 Å². The first kappa shape index (κ1) is 12.1.